The number of aromatic nitrogens is 4. The molecule has 0 saturated heterocycles. The van der Waals surface area contributed by atoms with Crippen LogP contribution < -0.4 is 26.0 Å². The number of methoxy groups -OCH3 is 1. The number of amides is 2. The molecule has 252 valence electrons. The van der Waals surface area contributed by atoms with E-state index in [9.17, 15) is 14.9 Å². The van der Waals surface area contributed by atoms with Crippen LogP contribution in [0, 0.1) is 11.3 Å². The minimum atomic E-state index is -0.518. The number of likely N-dealkylation sites (N-methyl/N-ethyl adjacent to an activating group) is 1. The summed E-state index contributed by atoms with van der Waals surface area (Å²) in [5.41, 5.74) is 10.2. The van der Waals surface area contributed by atoms with E-state index in [-0.39, 0.29) is 24.7 Å². The average Bonchev–Trinajstić information content (AvgIpc) is 3.79. The lowest BCUT2D eigenvalue weighted by atomic mass is 10.1. The number of hydrogen-bond donors (Lipinski definition) is 4. The Morgan fingerprint density at radius 1 is 1.04 bits per heavy atom. The Bertz CT molecular complexity index is 1950. The van der Waals surface area contributed by atoms with Gasteiger partial charge in [0.05, 0.1) is 19.5 Å². The van der Waals surface area contributed by atoms with Gasteiger partial charge in [-0.15, -0.1) is 0 Å². The van der Waals surface area contributed by atoms with Crippen molar-refractivity contribution < 1.29 is 28.2 Å². The highest BCUT2D eigenvalue weighted by Gasteiger charge is 2.13. The number of nitrogens with zero attached hydrogens (tertiary/aromatic N) is 5. The van der Waals surface area contributed by atoms with E-state index in [4.69, 9.17) is 24.4 Å². The van der Waals surface area contributed by atoms with Crippen molar-refractivity contribution in [3.05, 3.63) is 89.5 Å². The molecule has 5 aromatic rings. The van der Waals surface area contributed by atoms with Gasteiger partial charge < -0.3 is 44.9 Å². The number of carbonyl (C=O) groups is 2. The van der Waals surface area contributed by atoms with Crippen LogP contribution in [-0.2, 0) is 27.4 Å². The van der Waals surface area contributed by atoms with Gasteiger partial charge in [-0.3, -0.25) is 4.79 Å². The first kappa shape index (κ1) is 33.9. The number of rotatable bonds is 15. The lowest BCUT2D eigenvalue weighted by molar-refractivity contribution is -0.117. The number of nitrogens with two attached hydrogens (primary N) is 1. The van der Waals surface area contributed by atoms with Crippen LogP contribution in [0.1, 0.15) is 16.9 Å². The molecule has 5 N–H and O–H groups in total. The molecule has 2 aromatic carbocycles. The number of nitrogens with one attached hydrogen (secondary N) is 3. The molecule has 5 rings (SSSR count). The number of fused-ring (bicyclic) bond motifs is 1. The van der Waals surface area contributed by atoms with E-state index < -0.39 is 12.0 Å². The predicted octanol–water partition coefficient (Wildman–Crippen LogP) is 3.81. The number of furan rings is 1. The number of hydrogen-bond acceptors (Lipinski definition) is 12. The molecule has 0 aliphatic carbocycles. The molecule has 0 fully saturated rings. The molecule has 0 atom stereocenters. The van der Waals surface area contributed by atoms with Gasteiger partial charge in [-0.25, -0.2) is 9.78 Å². The fourth-order valence-electron chi connectivity index (χ4n) is 4.58. The van der Waals surface area contributed by atoms with E-state index >= 15 is 0 Å². The maximum Gasteiger partial charge on any atom is 0.407 e. The Balaban J connectivity index is 1.03. The maximum atomic E-state index is 12.3. The van der Waals surface area contributed by atoms with Gasteiger partial charge in [-0.05, 0) is 47.5 Å². The summed E-state index contributed by atoms with van der Waals surface area (Å²) in [6.45, 7) is 1.87. The molecule has 0 aliphatic heterocycles. The smallest absolute Gasteiger partial charge is 0.407 e. The van der Waals surface area contributed by atoms with E-state index in [1.165, 1.54) is 19.5 Å². The highest BCUT2D eigenvalue weighted by Crippen LogP contribution is 2.26. The Hall–Kier alpha value is -6.40. The van der Waals surface area contributed by atoms with Crippen LogP contribution >= 0.6 is 0 Å². The Morgan fingerprint density at radius 2 is 1.82 bits per heavy atom. The summed E-state index contributed by atoms with van der Waals surface area (Å²) in [6, 6.07) is 20.6. The van der Waals surface area contributed by atoms with Crippen LogP contribution in [0.15, 0.2) is 77.0 Å². The maximum absolute atomic E-state index is 12.3. The van der Waals surface area contributed by atoms with Gasteiger partial charge in [0, 0.05) is 44.6 Å². The van der Waals surface area contributed by atoms with Gasteiger partial charge in [0.2, 0.25) is 11.8 Å². The van der Waals surface area contributed by atoms with Gasteiger partial charge in [-0.1, -0.05) is 24.3 Å². The minimum absolute atomic E-state index is 0.0651. The van der Waals surface area contributed by atoms with Crippen molar-refractivity contribution in [2.75, 3.05) is 51.1 Å². The van der Waals surface area contributed by atoms with Gasteiger partial charge in [-0.2, -0.15) is 15.2 Å². The summed E-state index contributed by atoms with van der Waals surface area (Å²) in [6.07, 6.45) is 2.38. The van der Waals surface area contributed by atoms with Crippen molar-refractivity contribution in [3.8, 4) is 23.3 Å². The van der Waals surface area contributed by atoms with Crippen LogP contribution in [0.4, 0.5) is 16.4 Å². The topological polar surface area (TPSA) is 207 Å². The van der Waals surface area contributed by atoms with Crippen LogP contribution in [0.3, 0.4) is 0 Å². The molecule has 15 nitrogen and oxygen atoms in total. The fraction of sp³-hybridized carbons (Fsp3) is 0.235. The second-order valence-electron chi connectivity index (χ2n) is 10.7. The van der Waals surface area contributed by atoms with E-state index in [0.717, 1.165) is 22.4 Å². The minimum Gasteiger partial charge on any atom is -0.471 e. The van der Waals surface area contributed by atoms with E-state index in [0.29, 0.717) is 54.8 Å². The Labute approximate surface area is 281 Å². The largest absolute Gasteiger partial charge is 0.471 e. The van der Waals surface area contributed by atoms with Gasteiger partial charge in [0.25, 0.3) is 5.91 Å². The van der Waals surface area contributed by atoms with Crippen LogP contribution in [0.25, 0.3) is 28.6 Å². The molecule has 0 spiro atoms. The number of nitriles is 1. The number of ether oxygens (including phenoxy) is 3. The zero-order valence-electron chi connectivity index (χ0n) is 26.9. The normalized spacial score (nSPS) is 11.2. The number of benzene rings is 2. The third-order valence-corrected chi connectivity index (χ3v) is 7.23. The summed E-state index contributed by atoms with van der Waals surface area (Å²) in [7, 11) is 3.43. The highest BCUT2D eigenvalue weighted by molar-refractivity contribution is 6.01. The Morgan fingerprint density at radius 3 is 2.57 bits per heavy atom. The molecular weight excluding hydrogens is 630 g/mol. The van der Waals surface area contributed by atoms with Crippen molar-refractivity contribution >= 4 is 40.9 Å². The van der Waals surface area contributed by atoms with Crippen LogP contribution in [0.5, 0.6) is 5.88 Å². The molecule has 0 aliphatic rings. The molecule has 0 saturated carbocycles. The third-order valence-electron chi connectivity index (χ3n) is 7.23. The molecule has 15 heteroatoms. The zero-order chi connectivity index (χ0) is 34.6. The monoisotopic (exact) mass is 665 g/mol. The molecular formula is C34H35N9O6. The first-order valence-electron chi connectivity index (χ1n) is 15.2. The second-order valence-corrected chi connectivity index (χ2v) is 10.7. The quantitative estimate of drug-likeness (QED) is 0.0716. The van der Waals surface area contributed by atoms with Crippen molar-refractivity contribution in [2.45, 2.75) is 13.2 Å². The molecule has 3 aromatic heterocycles. The first-order valence-corrected chi connectivity index (χ1v) is 15.2. The van der Waals surface area contributed by atoms with Crippen molar-refractivity contribution in [1.82, 2.24) is 30.6 Å². The van der Waals surface area contributed by atoms with E-state index in [2.05, 4.69) is 30.6 Å². The van der Waals surface area contributed by atoms with Crippen molar-refractivity contribution in [2.24, 2.45) is 0 Å². The molecule has 2 amide bonds. The third kappa shape index (κ3) is 9.33. The molecule has 0 unspecified atom stereocenters. The second kappa shape index (κ2) is 16.4. The van der Waals surface area contributed by atoms with Crippen LogP contribution in [-0.4, -0.2) is 72.4 Å². The number of nitrogen functional groups attached to an aromatic ring is 1. The summed E-state index contributed by atoms with van der Waals surface area (Å²) < 4.78 is 21.9. The summed E-state index contributed by atoms with van der Waals surface area (Å²) in [5.74, 6) is 0.875. The van der Waals surface area contributed by atoms with Crippen molar-refractivity contribution in [1.29, 1.82) is 5.26 Å². The lowest BCUT2D eigenvalue weighted by Gasteiger charge is -2.19. The number of imidazole rings is 1. The lowest BCUT2D eigenvalue weighted by Crippen LogP contribution is -2.28. The summed E-state index contributed by atoms with van der Waals surface area (Å²) in [5, 5.41) is 14.7. The average molecular weight is 666 g/mol. The fourth-order valence-corrected chi connectivity index (χ4v) is 4.58. The SMILES string of the molecule is COCCNC(=O)/C(C#N)=C/c1ccc(-c2ccc(N(C)CCOC(=O)NCc3ccc(COc4nc(N)nc5nc[nH]c45)cc3)cc2)o1. The predicted molar refractivity (Wildman–Crippen MR) is 181 cm³/mol. The summed E-state index contributed by atoms with van der Waals surface area (Å²) >= 11 is 0. The van der Waals surface area contributed by atoms with Crippen LogP contribution in [0.2, 0.25) is 0 Å². The van der Waals surface area contributed by atoms with Crippen molar-refractivity contribution in [3.63, 3.8) is 0 Å². The molecule has 0 bridgehead atoms. The van der Waals surface area contributed by atoms with E-state index in [1.807, 2.05) is 66.5 Å². The number of alkyl carbamates (subject to hydrolysis) is 1. The number of anilines is 2. The number of aromatic amines is 1. The van der Waals surface area contributed by atoms with Gasteiger partial charge in [0.15, 0.2) is 5.65 Å². The Kier molecular flexibility index (Phi) is 11.4. The number of H-pyrrole nitrogens is 1. The first-order chi connectivity index (χ1) is 23.8. The molecule has 0 radical (unpaired) electrons. The van der Waals surface area contributed by atoms with E-state index in [1.54, 1.807) is 12.1 Å². The standard InChI is InChI=1S/C34H35N9O6/c1-43(26-9-7-24(8-10-26)28-12-11-27(49-28)17-25(18-35)31(44)37-13-15-46-2)14-16-47-34(45)38-19-22-3-5-23(6-4-22)20-48-32-29-30(40-21-39-29)41-33(36)42-32/h3-12,17,21H,13-16,19-20H2,1-2H3,(H,37,44)(H,38,45)(H3,36,39,40,41,42)/b25-17+. The summed E-state index contributed by atoms with van der Waals surface area (Å²) in [4.78, 5) is 41.6. The van der Waals surface area contributed by atoms with Gasteiger partial charge >= 0.3 is 6.09 Å². The molecule has 3 heterocycles. The highest BCUT2D eigenvalue weighted by atomic mass is 16.5. The zero-order valence-corrected chi connectivity index (χ0v) is 26.9. The van der Waals surface area contributed by atoms with Gasteiger partial charge in [0.1, 0.15) is 41.9 Å². The number of carbonyl (C=O) groups excluding carboxylic acids is 2. The molecule has 49 heavy (non-hydrogen) atoms.